The van der Waals surface area contributed by atoms with Gasteiger partial charge in [0.05, 0.1) is 42.6 Å². The largest absolute Gasteiger partial charge is 0.466 e. The number of methoxy groups -OCH3 is 2. The highest BCUT2D eigenvalue weighted by atomic mass is 79.9. The molecule has 0 amide bonds. The van der Waals surface area contributed by atoms with Gasteiger partial charge >= 0.3 is 11.9 Å². The van der Waals surface area contributed by atoms with Gasteiger partial charge in [0.2, 0.25) is 0 Å². The zero-order valence-corrected chi connectivity index (χ0v) is 13.4. The second-order valence-electron chi connectivity index (χ2n) is 3.62. The maximum absolute atomic E-state index is 11.6. The van der Waals surface area contributed by atoms with Crippen molar-refractivity contribution >= 4 is 45.2 Å². The Morgan fingerprint density at radius 1 is 1.38 bits per heavy atom. The summed E-state index contributed by atoms with van der Waals surface area (Å²) in [5.74, 6) is -1.50. The van der Waals surface area contributed by atoms with Crippen LogP contribution in [-0.4, -0.2) is 26.2 Å². The Bertz CT molecular complexity index is 629. The zero-order valence-electron chi connectivity index (χ0n) is 11.1. The highest BCUT2D eigenvalue weighted by molar-refractivity contribution is 9.10. The smallest absolute Gasteiger partial charge is 0.354 e. The molecular weight excluding hydrogens is 364 g/mol. The SMILES string of the molecule is COC(=O)/C=C(/Nc1c(Cl)cc(C#N)cc1Br)C(=O)OC. The van der Waals surface area contributed by atoms with Crippen LogP contribution in [0.15, 0.2) is 28.4 Å². The average molecular weight is 374 g/mol. The van der Waals surface area contributed by atoms with E-state index in [4.69, 9.17) is 16.9 Å². The second-order valence-corrected chi connectivity index (χ2v) is 4.89. The fourth-order valence-electron chi connectivity index (χ4n) is 1.32. The summed E-state index contributed by atoms with van der Waals surface area (Å²) in [4.78, 5) is 22.9. The van der Waals surface area contributed by atoms with Gasteiger partial charge in [-0.3, -0.25) is 0 Å². The molecule has 0 unspecified atom stereocenters. The first-order valence-corrected chi connectivity index (χ1v) is 6.64. The van der Waals surface area contributed by atoms with Crippen LogP contribution in [0.5, 0.6) is 0 Å². The molecule has 0 heterocycles. The van der Waals surface area contributed by atoms with Gasteiger partial charge in [0.15, 0.2) is 0 Å². The number of benzene rings is 1. The summed E-state index contributed by atoms with van der Waals surface area (Å²) in [6.07, 6.45) is 0.937. The Kier molecular flexibility index (Phi) is 6.21. The number of rotatable bonds is 4. The molecule has 0 aliphatic heterocycles. The van der Waals surface area contributed by atoms with Crippen molar-refractivity contribution in [3.05, 3.63) is 39.0 Å². The predicted molar refractivity (Wildman–Crippen MR) is 79.6 cm³/mol. The second kappa shape index (κ2) is 7.67. The van der Waals surface area contributed by atoms with Crippen molar-refractivity contribution < 1.29 is 19.1 Å². The van der Waals surface area contributed by atoms with Gasteiger partial charge in [-0.05, 0) is 28.1 Å². The van der Waals surface area contributed by atoms with E-state index in [1.54, 1.807) is 0 Å². The average Bonchev–Trinajstić information content (AvgIpc) is 2.48. The lowest BCUT2D eigenvalue weighted by molar-refractivity contribution is -0.138. The summed E-state index contributed by atoms with van der Waals surface area (Å²) in [5.41, 5.74) is 0.502. The van der Waals surface area contributed by atoms with Gasteiger partial charge in [0, 0.05) is 4.47 Å². The highest BCUT2D eigenvalue weighted by Gasteiger charge is 2.16. The Morgan fingerprint density at radius 2 is 2.05 bits per heavy atom. The van der Waals surface area contributed by atoms with Crippen molar-refractivity contribution in [2.45, 2.75) is 0 Å². The van der Waals surface area contributed by atoms with Gasteiger partial charge in [-0.2, -0.15) is 5.26 Å². The molecule has 0 aliphatic rings. The molecule has 1 aromatic rings. The summed E-state index contributed by atoms with van der Waals surface area (Å²) in [5, 5.41) is 11.7. The molecule has 1 N–H and O–H groups in total. The third-order valence-electron chi connectivity index (χ3n) is 2.30. The number of nitrogens with one attached hydrogen (secondary N) is 1. The van der Waals surface area contributed by atoms with Crippen molar-refractivity contribution in [2.75, 3.05) is 19.5 Å². The molecule has 0 atom stereocenters. The Labute approximate surface area is 134 Å². The standard InChI is InChI=1S/C13H10BrClN2O4/c1-20-11(18)5-10(13(19)21-2)17-12-8(14)3-7(6-16)4-9(12)15/h3-5,17H,1-2H3/b10-5+. The fraction of sp³-hybridized carbons (Fsp3) is 0.154. The minimum atomic E-state index is -0.771. The summed E-state index contributed by atoms with van der Waals surface area (Å²) in [6, 6.07) is 4.88. The molecule has 0 saturated carbocycles. The Balaban J connectivity index is 3.22. The maximum Gasteiger partial charge on any atom is 0.354 e. The van der Waals surface area contributed by atoms with E-state index in [0.29, 0.717) is 15.7 Å². The number of nitrogens with zero attached hydrogens (tertiary/aromatic N) is 1. The molecule has 1 aromatic carbocycles. The molecule has 6 nitrogen and oxygen atoms in total. The molecule has 21 heavy (non-hydrogen) atoms. The Hall–Kier alpha value is -2.04. The lowest BCUT2D eigenvalue weighted by atomic mass is 10.2. The van der Waals surface area contributed by atoms with Crippen molar-refractivity contribution in [1.29, 1.82) is 5.26 Å². The quantitative estimate of drug-likeness (QED) is 0.645. The fourth-order valence-corrected chi connectivity index (χ4v) is 2.26. The third kappa shape index (κ3) is 4.48. The number of carbonyl (C=O) groups excluding carboxylic acids is 2. The van der Waals surface area contributed by atoms with Crippen LogP contribution in [0.1, 0.15) is 5.56 Å². The van der Waals surface area contributed by atoms with Gasteiger partial charge in [-0.15, -0.1) is 0 Å². The molecule has 0 radical (unpaired) electrons. The number of hydrogen-bond donors (Lipinski definition) is 1. The molecule has 110 valence electrons. The van der Waals surface area contributed by atoms with Gasteiger partial charge < -0.3 is 14.8 Å². The van der Waals surface area contributed by atoms with Gasteiger partial charge in [0.25, 0.3) is 0 Å². The summed E-state index contributed by atoms with van der Waals surface area (Å²) in [6.45, 7) is 0. The lowest BCUT2D eigenvalue weighted by Gasteiger charge is -2.12. The van der Waals surface area contributed by atoms with E-state index in [1.165, 1.54) is 26.4 Å². The van der Waals surface area contributed by atoms with Gasteiger partial charge in [-0.25, -0.2) is 9.59 Å². The Morgan fingerprint density at radius 3 is 2.52 bits per heavy atom. The molecular formula is C13H10BrClN2O4. The van der Waals surface area contributed by atoms with E-state index in [9.17, 15) is 9.59 Å². The van der Waals surface area contributed by atoms with Crippen LogP contribution in [0, 0.1) is 11.3 Å². The van der Waals surface area contributed by atoms with Crippen LogP contribution < -0.4 is 5.32 Å². The van der Waals surface area contributed by atoms with Crippen LogP contribution in [0.25, 0.3) is 0 Å². The number of nitriles is 1. The minimum absolute atomic E-state index is 0.156. The number of carbonyl (C=O) groups is 2. The number of ether oxygens (including phenoxy) is 2. The van der Waals surface area contributed by atoms with Crippen molar-refractivity contribution in [1.82, 2.24) is 0 Å². The topological polar surface area (TPSA) is 88.4 Å². The van der Waals surface area contributed by atoms with E-state index in [-0.39, 0.29) is 10.7 Å². The molecule has 1 rings (SSSR count). The first-order valence-electron chi connectivity index (χ1n) is 5.47. The lowest BCUT2D eigenvalue weighted by Crippen LogP contribution is -2.16. The van der Waals surface area contributed by atoms with Crippen molar-refractivity contribution in [3.8, 4) is 6.07 Å². The number of anilines is 1. The monoisotopic (exact) mass is 372 g/mol. The zero-order chi connectivity index (χ0) is 16.0. The van der Waals surface area contributed by atoms with Gasteiger partial charge in [0.1, 0.15) is 5.70 Å². The van der Waals surface area contributed by atoms with Crippen molar-refractivity contribution in [3.63, 3.8) is 0 Å². The molecule has 0 aliphatic carbocycles. The third-order valence-corrected chi connectivity index (χ3v) is 3.22. The first kappa shape index (κ1) is 17.0. The summed E-state index contributed by atoms with van der Waals surface area (Å²) >= 11 is 9.26. The minimum Gasteiger partial charge on any atom is -0.466 e. The van der Waals surface area contributed by atoms with E-state index in [1.807, 2.05) is 6.07 Å². The number of halogens is 2. The van der Waals surface area contributed by atoms with Crippen molar-refractivity contribution in [2.24, 2.45) is 0 Å². The molecule has 0 saturated heterocycles. The normalized spacial score (nSPS) is 10.5. The van der Waals surface area contributed by atoms with Crippen LogP contribution in [0.4, 0.5) is 5.69 Å². The van der Waals surface area contributed by atoms with Crippen LogP contribution in [0.3, 0.4) is 0 Å². The van der Waals surface area contributed by atoms with E-state index >= 15 is 0 Å². The van der Waals surface area contributed by atoms with E-state index < -0.39 is 11.9 Å². The van der Waals surface area contributed by atoms with Crippen LogP contribution >= 0.6 is 27.5 Å². The summed E-state index contributed by atoms with van der Waals surface area (Å²) in [7, 11) is 2.35. The number of hydrogen-bond acceptors (Lipinski definition) is 6. The molecule has 0 fully saturated rings. The predicted octanol–water partition coefficient (Wildman–Crippen LogP) is 2.62. The molecule has 0 bridgehead atoms. The molecule has 8 heteroatoms. The highest BCUT2D eigenvalue weighted by Crippen LogP contribution is 2.33. The van der Waals surface area contributed by atoms with E-state index in [0.717, 1.165) is 6.08 Å². The molecule has 0 aromatic heterocycles. The van der Waals surface area contributed by atoms with E-state index in [2.05, 4.69) is 30.7 Å². The van der Waals surface area contributed by atoms with Crippen LogP contribution in [0.2, 0.25) is 5.02 Å². The number of esters is 2. The summed E-state index contributed by atoms with van der Waals surface area (Å²) < 4.78 is 9.48. The van der Waals surface area contributed by atoms with Gasteiger partial charge in [-0.1, -0.05) is 11.6 Å². The maximum atomic E-state index is 11.6. The first-order chi connectivity index (χ1) is 9.92. The molecule has 0 spiro atoms. The van der Waals surface area contributed by atoms with Crippen LogP contribution in [-0.2, 0) is 19.1 Å².